The van der Waals surface area contributed by atoms with Crippen LogP contribution in [0.3, 0.4) is 0 Å². The van der Waals surface area contributed by atoms with Crippen LogP contribution < -0.4 is 0 Å². The van der Waals surface area contributed by atoms with Crippen molar-refractivity contribution in [3.63, 3.8) is 0 Å². The fourth-order valence-corrected chi connectivity index (χ4v) is 1.62. The first kappa shape index (κ1) is 18.6. The molecule has 0 unspecified atom stereocenters. The molecule has 1 aliphatic rings. The number of aliphatic carboxylic acids is 2. The van der Waals surface area contributed by atoms with Gasteiger partial charge in [0.25, 0.3) is 0 Å². The van der Waals surface area contributed by atoms with E-state index in [-0.39, 0.29) is 24.0 Å². The van der Waals surface area contributed by atoms with Crippen LogP contribution in [-0.2, 0) is 23.9 Å². The van der Waals surface area contributed by atoms with E-state index in [0.717, 1.165) is 0 Å². The van der Waals surface area contributed by atoms with Gasteiger partial charge in [-0.2, -0.15) is 0 Å². The summed E-state index contributed by atoms with van der Waals surface area (Å²) < 4.78 is 4.19. The average Bonchev–Trinajstić information content (AvgIpc) is 2.73. The molecule has 0 aromatic carbocycles. The fraction of sp³-hybridized carbons (Fsp3) is 0.429. The van der Waals surface area contributed by atoms with Crippen LogP contribution in [0.5, 0.6) is 0 Å². The van der Waals surface area contributed by atoms with Crippen molar-refractivity contribution in [2.24, 2.45) is 0 Å². The van der Waals surface area contributed by atoms with E-state index in [1.165, 1.54) is 6.08 Å². The molecular weight excluding hydrogens is 280 g/mol. The summed E-state index contributed by atoms with van der Waals surface area (Å²) >= 11 is 0. The Bertz CT molecular complexity index is 487. The summed E-state index contributed by atoms with van der Waals surface area (Å²) in [4.78, 5) is 41.8. The third-order valence-corrected chi connectivity index (χ3v) is 2.72. The molecule has 1 heterocycles. The summed E-state index contributed by atoms with van der Waals surface area (Å²) in [6.07, 6.45) is 2.27. The van der Waals surface area contributed by atoms with Crippen LogP contribution in [0.4, 0.5) is 0 Å². The molecule has 0 aromatic heterocycles. The number of carboxylic acids is 2. The zero-order valence-electron chi connectivity index (χ0n) is 12.1. The summed E-state index contributed by atoms with van der Waals surface area (Å²) in [6, 6.07) is 0. The van der Waals surface area contributed by atoms with E-state index < -0.39 is 23.9 Å². The minimum absolute atomic E-state index is 0.00926. The second kappa shape index (κ2) is 8.68. The monoisotopic (exact) mass is 298 g/mol. The van der Waals surface area contributed by atoms with E-state index >= 15 is 0 Å². The maximum absolute atomic E-state index is 10.5. The number of hydrogen-bond acceptors (Lipinski definition) is 5. The molecule has 0 aromatic rings. The molecule has 0 fully saturated rings. The highest BCUT2D eigenvalue weighted by atomic mass is 16.6. The number of esters is 2. The topological polar surface area (TPSA) is 118 Å². The molecule has 7 heteroatoms. The summed E-state index contributed by atoms with van der Waals surface area (Å²) in [5.41, 5.74) is 0.440. The normalized spacial score (nSPS) is 14.5. The maximum atomic E-state index is 10.5. The zero-order valence-corrected chi connectivity index (χ0v) is 12.1. The summed E-state index contributed by atoms with van der Waals surface area (Å²) in [6.45, 7) is 5.05. The number of ether oxygens (including phenoxy) is 1. The predicted octanol–water partition coefficient (Wildman–Crippen LogP) is 1.68. The van der Waals surface area contributed by atoms with Gasteiger partial charge in [0.15, 0.2) is 0 Å². The molecule has 116 valence electrons. The Labute approximate surface area is 121 Å². The first-order valence-electron chi connectivity index (χ1n) is 6.43. The van der Waals surface area contributed by atoms with Crippen molar-refractivity contribution in [1.82, 2.24) is 0 Å². The lowest BCUT2D eigenvalue weighted by molar-refractivity contribution is -0.150. The van der Waals surface area contributed by atoms with Gasteiger partial charge in [0.2, 0.25) is 0 Å². The van der Waals surface area contributed by atoms with Crippen molar-refractivity contribution in [1.29, 1.82) is 0 Å². The Kier molecular flexibility index (Phi) is 7.67. The highest BCUT2D eigenvalue weighted by Crippen LogP contribution is 2.12. The third-order valence-electron chi connectivity index (χ3n) is 2.72. The maximum Gasteiger partial charge on any atom is 0.342 e. The van der Waals surface area contributed by atoms with Gasteiger partial charge in [-0.1, -0.05) is 20.8 Å². The second-order valence-corrected chi connectivity index (χ2v) is 4.01. The number of hydrogen-bond donors (Lipinski definition) is 2. The van der Waals surface area contributed by atoms with Crippen LogP contribution in [0.1, 0.15) is 40.0 Å². The molecule has 7 nitrogen and oxygen atoms in total. The quantitative estimate of drug-likeness (QED) is 0.450. The minimum Gasteiger partial charge on any atom is -0.478 e. The highest BCUT2D eigenvalue weighted by molar-refractivity contribution is 6.08. The Balaban J connectivity index is 0.000000394. The molecule has 0 radical (unpaired) electrons. The molecule has 0 saturated carbocycles. The Morgan fingerprint density at radius 1 is 1.00 bits per heavy atom. The van der Waals surface area contributed by atoms with Gasteiger partial charge in [0.05, 0.1) is 0 Å². The number of rotatable bonds is 5. The van der Waals surface area contributed by atoms with Gasteiger partial charge in [-0.25, -0.2) is 19.2 Å². The summed E-state index contributed by atoms with van der Waals surface area (Å²) in [5.74, 6) is -3.33. The molecular formula is C14H18O7. The lowest BCUT2D eigenvalue weighted by Gasteiger charge is -2.03. The van der Waals surface area contributed by atoms with E-state index in [1.807, 2.05) is 0 Å². The number of cyclic esters (lactones) is 2. The molecule has 2 N–H and O–H groups in total. The van der Waals surface area contributed by atoms with Gasteiger partial charge in [0, 0.05) is 22.8 Å². The Morgan fingerprint density at radius 2 is 1.43 bits per heavy atom. The second-order valence-electron chi connectivity index (χ2n) is 4.01. The van der Waals surface area contributed by atoms with Gasteiger partial charge < -0.3 is 14.9 Å². The van der Waals surface area contributed by atoms with Crippen LogP contribution in [0.25, 0.3) is 0 Å². The number of carbonyl (C=O) groups is 4. The molecule has 1 aliphatic heterocycles. The lowest BCUT2D eigenvalue weighted by Crippen LogP contribution is -2.10. The lowest BCUT2D eigenvalue weighted by atomic mass is 10.0. The largest absolute Gasteiger partial charge is 0.478 e. The van der Waals surface area contributed by atoms with Gasteiger partial charge >= 0.3 is 23.9 Å². The van der Waals surface area contributed by atoms with Crippen molar-refractivity contribution in [2.75, 3.05) is 0 Å². The molecule has 0 atom stereocenters. The predicted molar refractivity (Wildman–Crippen MR) is 72.4 cm³/mol. The molecule has 21 heavy (non-hydrogen) atoms. The smallest absolute Gasteiger partial charge is 0.342 e. The van der Waals surface area contributed by atoms with E-state index in [4.69, 9.17) is 10.2 Å². The van der Waals surface area contributed by atoms with Crippen LogP contribution in [0.15, 0.2) is 22.8 Å². The van der Waals surface area contributed by atoms with Crippen LogP contribution >= 0.6 is 0 Å². The van der Waals surface area contributed by atoms with Gasteiger partial charge in [0.1, 0.15) is 0 Å². The summed E-state index contributed by atoms with van der Waals surface area (Å²) in [7, 11) is 0. The first-order valence-corrected chi connectivity index (χ1v) is 6.43. The average molecular weight is 298 g/mol. The van der Waals surface area contributed by atoms with Crippen LogP contribution in [0.2, 0.25) is 0 Å². The van der Waals surface area contributed by atoms with E-state index in [0.29, 0.717) is 12.0 Å². The Morgan fingerprint density at radius 3 is 1.57 bits per heavy atom. The van der Waals surface area contributed by atoms with Crippen molar-refractivity contribution < 1.29 is 34.1 Å². The highest BCUT2D eigenvalue weighted by Gasteiger charge is 2.21. The van der Waals surface area contributed by atoms with Crippen LogP contribution in [0, 0.1) is 0 Å². The molecule has 0 saturated heterocycles. The number of carbonyl (C=O) groups excluding carboxylic acids is 2. The molecule has 0 aliphatic carbocycles. The van der Waals surface area contributed by atoms with Crippen molar-refractivity contribution in [3.05, 3.63) is 22.8 Å². The van der Waals surface area contributed by atoms with Gasteiger partial charge in [-0.05, 0) is 19.3 Å². The summed E-state index contributed by atoms with van der Waals surface area (Å²) in [5, 5.41) is 17.2. The standard InChI is InChI=1S/C8H12O4.C6H6O3/c1-3-5(7(9)10)6(4-2)8(11)12;1-2-4-3-5(7)9-6(4)8/h3-4H2,1-2H3,(H,9,10)(H,11,12);3H,2H2,1H3. The van der Waals surface area contributed by atoms with Crippen molar-refractivity contribution in [2.45, 2.75) is 40.0 Å². The SMILES string of the molecule is CCC(C(=O)O)=C(CC)C(=O)O.CCC1=CC(=O)OC1=O. The van der Waals surface area contributed by atoms with Gasteiger partial charge in [-0.3, -0.25) is 0 Å². The van der Waals surface area contributed by atoms with Crippen molar-refractivity contribution >= 4 is 23.9 Å². The Hall–Kier alpha value is -2.44. The molecule has 1 rings (SSSR count). The van der Waals surface area contributed by atoms with E-state index in [9.17, 15) is 19.2 Å². The van der Waals surface area contributed by atoms with E-state index in [1.54, 1.807) is 20.8 Å². The fourth-order valence-electron chi connectivity index (χ4n) is 1.62. The van der Waals surface area contributed by atoms with Crippen molar-refractivity contribution in [3.8, 4) is 0 Å². The first-order chi connectivity index (χ1) is 9.78. The third kappa shape index (κ3) is 5.60. The minimum atomic E-state index is -1.14. The van der Waals surface area contributed by atoms with Crippen LogP contribution in [-0.4, -0.2) is 34.1 Å². The number of carboxylic acid groups (broad SMARTS) is 2. The molecule has 0 bridgehead atoms. The van der Waals surface area contributed by atoms with E-state index in [2.05, 4.69) is 4.74 Å². The zero-order chi connectivity index (χ0) is 16.6. The van der Waals surface area contributed by atoms with Gasteiger partial charge in [-0.15, -0.1) is 0 Å². The molecule has 0 amide bonds. The molecule has 0 spiro atoms.